The molecule has 2 aromatic rings. The average molecular weight is 575 g/mol. The molecule has 38 heavy (non-hydrogen) atoms. The summed E-state index contributed by atoms with van der Waals surface area (Å²) in [5.74, 6) is -5.51. The van der Waals surface area contributed by atoms with Crippen molar-refractivity contribution in [2.45, 2.75) is 31.9 Å². The number of likely N-dealkylation sites (tertiary alicyclic amines) is 1. The maximum atomic E-state index is 10.6. The fourth-order valence-electron chi connectivity index (χ4n) is 4.06. The largest absolute Gasteiger partial charge is 0.490 e. The Balaban J connectivity index is 0.000000301. The summed E-state index contributed by atoms with van der Waals surface area (Å²) in [5.41, 5.74) is 1.58. The zero-order valence-corrected chi connectivity index (χ0v) is 21.2. The fourth-order valence-corrected chi connectivity index (χ4v) is 4.81. The van der Waals surface area contributed by atoms with Crippen molar-refractivity contribution in [3.8, 4) is 0 Å². The number of halogens is 6. The molecule has 2 aliphatic heterocycles. The van der Waals surface area contributed by atoms with Crippen molar-refractivity contribution in [3.05, 3.63) is 40.3 Å². The number of rotatable bonds is 4. The van der Waals surface area contributed by atoms with Crippen molar-refractivity contribution in [2.75, 3.05) is 39.4 Å². The van der Waals surface area contributed by atoms with E-state index in [1.54, 1.807) is 0 Å². The number of alkyl halides is 6. The average Bonchev–Trinajstić information content (AvgIpc) is 3.51. The highest BCUT2D eigenvalue weighted by atomic mass is 32.1. The molecule has 16 heteroatoms. The van der Waals surface area contributed by atoms with Crippen molar-refractivity contribution in [2.24, 2.45) is 12.5 Å². The highest BCUT2D eigenvalue weighted by Crippen LogP contribution is 2.35. The molecule has 4 rings (SSSR count). The monoisotopic (exact) mass is 574 g/mol. The van der Waals surface area contributed by atoms with Crippen LogP contribution in [0.4, 0.5) is 26.3 Å². The second-order valence-corrected chi connectivity index (χ2v) is 9.96. The van der Waals surface area contributed by atoms with Gasteiger partial charge in [0.1, 0.15) is 0 Å². The molecule has 214 valence electrons. The smallest absolute Gasteiger partial charge is 0.475 e. The lowest BCUT2D eigenvalue weighted by molar-refractivity contribution is -0.193. The lowest BCUT2D eigenvalue weighted by atomic mass is 9.87. The van der Waals surface area contributed by atoms with Gasteiger partial charge in [0, 0.05) is 61.8 Å². The predicted molar refractivity (Wildman–Crippen MR) is 123 cm³/mol. The summed E-state index contributed by atoms with van der Waals surface area (Å²) in [4.78, 5) is 24.4. The number of thiophene rings is 1. The first kappa shape index (κ1) is 31.5. The summed E-state index contributed by atoms with van der Waals surface area (Å²) < 4.78 is 71.4. The first-order chi connectivity index (χ1) is 17.6. The first-order valence-corrected chi connectivity index (χ1v) is 12.1. The summed E-state index contributed by atoms with van der Waals surface area (Å²) in [5, 5.41) is 20.7. The van der Waals surface area contributed by atoms with E-state index in [-0.39, 0.29) is 5.41 Å². The van der Waals surface area contributed by atoms with Crippen LogP contribution < -0.4 is 0 Å². The van der Waals surface area contributed by atoms with E-state index in [0.29, 0.717) is 0 Å². The van der Waals surface area contributed by atoms with Gasteiger partial charge in [-0.25, -0.2) is 9.59 Å². The molecule has 0 bridgehead atoms. The van der Waals surface area contributed by atoms with Gasteiger partial charge in [-0.2, -0.15) is 31.4 Å². The highest BCUT2D eigenvalue weighted by molar-refractivity contribution is 7.09. The molecule has 0 saturated carbocycles. The minimum atomic E-state index is -5.08. The van der Waals surface area contributed by atoms with E-state index in [9.17, 15) is 26.3 Å². The lowest BCUT2D eigenvalue weighted by Crippen LogP contribution is -2.40. The predicted octanol–water partition coefficient (Wildman–Crippen LogP) is 3.47. The molecular formula is C22H28F6N4O5S. The topological polar surface area (TPSA) is 108 Å². The third-order valence-corrected chi connectivity index (χ3v) is 6.51. The van der Waals surface area contributed by atoms with E-state index in [1.807, 2.05) is 29.3 Å². The molecule has 1 atom stereocenters. The van der Waals surface area contributed by atoms with Gasteiger partial charge in [-0.05, 0) is 24.4 Å². The Morgan fingerprint density at radius 1 is 1.05 bits per heavy atom. The Labute approximate surface area is 218 Å². The van der Waals surface area contributed by atoms with E-state index in [4.69, 9.17) is 24.5 Å². The number of hydrogen-bond donors (Lipinski definition) is 2. The minimum Gasteiger partial charge on any atom is -0.475 e. The van der Waals surface area contributed by atoms with Crippen molar-refractivity contribution in [3.63, 3.8) is 0 Å². The number of aromatic nitrogens is 2. The van der Waals surface area contributed by atoms with Crippen molar-refractivity contribution in [1.29, 1.82) is 0 Å². The number of hydrogen-bond acceptors (Lipinski definition) is 7. The molecule has 1 spiro atoms. The van der Waals surface area contributed by atoms with Crippen LogP contribution in [0.5, 0.6) is 0 Å². The third-order valence-electron chi connectivity index (χ3n) is 5.65. The van der Waals surface area contributed by atoms with E-state index in [2.05, 4.69) is 38.6 Å². The zero-order chi connectivity index (χ0) is 28.6. The second-order valence-electron chi connectivity index (χ2n) is 8.93. The highest BCUT2D eigenvalue weighted by Gasteiger charge is 2.41. The fraction of sp³-hybridized carbons (Fsp3) is 0.591. The van der Waals surface area contributed by atoms with Crippen LogP contribution in [0, 0.1) is 5.41 Å². The summed E-state index contributed by atoms with van der Waals surface area (Å²) in [6.07, 6.45) is -4.83. The van der Waals surface area contributed by atoms with Gasteiger partial charge in [-0.1, -0.05) is 6.07 Å². The Morgan fingerprint density at radius 2 is 1.63 bits per heavy atom. The molecule has 2 aliphatic rings. The number of nitrogens with zero attached hydrogens (tertiary/aromatic N) is 4. The van der Waals surface area contributed by atoms with Crippen LogP contribution in [-0.4, -0.2) is 93.5 Å². The van der Waals surface area contributed by atoms with Gasteiger partial charge in [0.15, 0.2) is 0 Å². The SMILES string of the molecule is Cn1cc(CN2CCOCC3(CCN(Cc4cccs4)C3)C2)cn1.O=C(O)C(F)(F)F.O=C(O)C(F)(F)F. The van der Waals surface area contributed by atoms with Crippen molar-refractivity contribution in [1.82, 2.24) is 19.6 Å². The summed E-state index contributed by atoms with van der Waals surface area (Å²) in [7, 11) is 1.98. The third kappa shape index (κ3) is 10.6. The van der Waals surface area contributed by atoms with Gasteiger partial charge in [0.05, 0.1) is 19.4 Å². The minimum absolute atomic E-state index is 0.288. The summed E-state index contributed by atoms with van der Waals surface area (Å²) >= 11 is 1.86. The van der Waals surface area contributed by atoms with Crippen LogP contribution in [0.1, 0.15) is 16.9 Å². The maximum Gasteiger partial charge on any atom is 0.490 e. The maximum absolute atomic E-state index is 10.6. The van der Waals surface area contributed by atoms with Crippen molar-refractivity contribution < 1.29 is 50.9 Å². The van der Waals surface area contributed by atoms with Crippen LogP contribution in [-0.2, 0) is 34.5 Å². The number of aryl methyl sites for hydroxylation is 1. The van der Waals surface area contributed by atoms with Gasteiger partial charge in [0.2, 0.25) is 0 Å². The molecule has 2 N–H and O–H groups in total. The van der Waals surface area contributed by atoms with Gasteiger partial charge in [-0.3, -0.25) is 14.5 Å². The normalized spacial score (nSPS) is 20.7. The number of carboxylic acid groups (broad SMARTS) is 2. The van der Waals surface area contributed by atoms with Gasteiger partial charge in [0.25, 0.3) is 0 Å². The molecule has 2 saturated heterocycles. The molecule has 4 heterocycles. The Bertz CT molecular complexity index is 1010. The number of carboxylic acids is 2. The molecule has 0 radical (unpaired) electrons. The van der Waals surface area contributed by atoms with Crippen LogP contribution in [0.3, 0.4) is 0 Å². The lowest BCUT2D eigenvalue weighted by Gasteiger charge is -2.31. The number of ether oxygens (including phenoxy) is 1. The second kappa shape index (κ2) is 13.4. The van der Waals surface area contributed by atoms with E-state index in [0.717, 1.165) is 45.9 Å². The molecule has 2 aromatic heterocycles. The van der Waals surface area contributed by atoms with Gasteiger partial charge in [-0.15, -0.1) is 11.3 Å². The summed E-state index contributed by atoms with van der Waals surface area (Å²) in [6.45, 7) is 8.27. The molecule has 0 amide bonds. The quantitative estimate of drug-likeness (QED) is 0.535. The van der Waals surface area contributed by atoms with Gasteiger partial charge >= 0.3 is 24.3 Å². The molecule has 9 nitrogen and oxygen atoms in total. The van der Waals surface area contributed by atoms with E-state index >= 15 is 0 Å². The Morgan fingerprint density at radius 3 is 2.11 bits per heavy atom. The zero-order valence-electron chi connectivity index (χ0n) is 20.3. The Kier molecular flexibility index (Phi) is 11.1. The standard InChI is InChI=1S/C18H26N4OS.2C2HF3O2/c1-20-10-16(9-19-20)11-22-6-7-23-15-18(14-22)4-5-21(13-18)12-17-3-2-8-24-17;2*3-2(4,5)1(6)7/h2-3,8-10H,4-7,11-15H2,1H3;2*(H,6,7). The van der Waals surface area contributed by atoms with E-state index < -0.39 is 24.3 Å². The van der Waals surface area contributed by atoms with Crippen LogP contribution in [0.15, 0.2) is 29.9 Å². The number of carbonyl (C=O) groups is 2. The van der Waals surface area contributed by atoms with Crippen LogP contribution >= 0.6 is 11.3 Å². The van der Waals surface area contributed by atoms with Crippen LogP contribution in [0.2, 0.25) is 0 Å². The van der Waals surface area contributed by atoms with E-state index in [1.165, 1.54) is 23.4 Å². The molecule has 0 aliphatic carbocycles. The Hall–Kier alpha value is -2.69. The molecule has 1 unspecified atom stereocenters. The summed E-state index contributed by atoms with van der Waals surface area (Å²) in [6, 6.07) is 4.39. The molecule has 0 aromatic carbocycles. The van der Waals surface area contributed by atoms with Crippen molar-refractivity contribution >= 4 is 23.3 Å². The van der Waals surface area contributed by atoms with Gasteiger partial charge < -0.3 is 14.9 Å². The molecular weight excluding hydrogens is 546 g/mol. The van der Waals surface area contributed by atoms with Crippen LogP contribution in [0.25, 0.3) is 0 Å². The molecule has 2 fully saturated rings. The number of aliphatic carboxylic acids is 2. The first-order valence-electron chi connectivity index (χ1n) is 11.2.